The van der Waals surface area contributed by atoms with Crippen LogP contribution in [0.5, 0.6) is 0 Å². The molecule has 0 fully saturated rings. The summed E-state index contributed by atoms with van der Waals surface area (Å²) in [5, 5.41) is 0.594. The Kier molecular flexibility index (Phi) is 1.76. The second-order valence-electron chi connectivity index (χ2n) is 2.76. The monoisotopic (exact) mass is 185 g/mol. The van der Waals surface area contributed by atoms with Gasteiger partial charge in [-0.2, -0.15) is 0 Å². The second-order valence-corrected chi connectivity index (χ2v) is 2.76. The fourth-order valence-corrected chi connectivity index (χ4v) is 1.24. The molecule has 1 N–H and O–H groups in total. The van der Waals surface area contributed by atoms with Crippen LogP contribution in [0.25, 0.3) is 10.9 Å². The van der Waals surface area contributed by atoms with E-state index in [1.807, 2.05) is 0 Å². The maximum atomic E-state index is 12.6. The van der Waals surface area contributed by atoms with Crippen molar-refractivity contribution in [3.05, 3.63) is 35.8 Å². The lowest BCUT2D eigenvalue weighted by Gasteiger charge is -1.90. The summed E-state index contributed by atoms with van der Waals surface area (Å²) in [5.74, 6) is -0.435. The molecule has 0 aliphatic heterocycles. The van der Waals surface area contributed by atoms with Crippen molar-refractivity contribution in [2.45, 2.75) is 6.43 Å². The molecule has 13 heavy (non-hydrogen) atoms. The molecule has 0 radical (unpaired) electrons. The van der Waals surface area contributed by atoms with Crippen molar-refractivity contribution in [2.24, 2.45) is 0 Å². The minimum absolute atomic E-state index is 0.180. The van der Waals surface area contributed by atoms with E-state index in [2.05, 4.69) is 4.98 Å². The van der Waals surface area contributed by atoms with Crippen LogP contribution in [0, 0.1) is 5.82 Å². The largest absolute Gasteiger partial charge is 0.354 e. The Labute approximate surface area is 72.2 Å². The van der Waals surface area contributed by atoms with Crippen LogP contribution in [-0.4, -0.2) is 4.98 Å². The van der Waals surface area contributed by atoms with Crippen LogP contribution in [0.2, 0.25) is 0 Å². The summed E-state index contributed by atoms with van der Waals surface area (Å²) in [4.78, 5) is 2.45. The molecule has 4 heteroatoms. The Hall–Kier alpha value is -1.45. The molecular weight excluding hydrogens is 179 g/mol. The first kappa shape index (κ1) is 8.16. The Bertz CT molecular complexity index is 433. The van der Waals surface area contributed by atoms with Gasteiger partial charge in [0.1, 0.15) is 5.82 Å². The summed E-state index contributed by atoms with van der Waals surface area (Å²) < 4.78 is 37.0. The summed E-state index contributed by atoms with van der Waals surface area (Å²) in [6.07, 6.45) is -2.55. The highest BCUT2D eigenvalue weighted by Crippen LogP contribution is 2.23. The fourth-order valence-electron chi connectivity index (χ4n) is 1.24. The van der Waals surface area contributed by atoms with E-state index in [-0.39, 0.29) is 5.69 Å². The van der Waals surface area contributed by atoms with Crippen LogP contribution in [0.15, 0.2) is 24.3 Å². The van der Waals surface area contributed by atoms with Gasteiger partial charge in [-0.1, -0.05) is 0 Å². The van der Waals surface area contributed by atoms with Crippen molar-refractivity contribution in [1.82, 2.24) is 4.98 Å². The van der Waals surface area contributed by atoms with Gasteiger partial charge in [-0.25, -0.2) is 13.2 Å². The third-order valence-electron chi connectivity index (χ3n) is 1.84. The van der Waals surface area contributed by atoms with E-state index in [4.69, 9.17) is 0 Å². The molecule has 1 heterocycles. The molecular formula is C9H6F3N. The number of H-pyrrole nitrogens is 1. The number of aromatic nitrogens is 1. The molecule has 0 unspecified atom stereocenters. The molecule has 0 spiro atoms. The highest BCUT2D eigenvalue weighted by Gasteiger charge is 2.10. The number of alkyl halides is 2. The molecule has 1 aromatic heterocycles. The van der Waals surface area contributed by atoms with Gasteiger partial charge < -0.3 is 4.98 Å². The number of hydrogen-bond donors (Lipinski definition) is 1. The number of hydrogen-bond acceptors (Lipinski definition) is 0. The average Bonchev–Trinajstić information content (AvgIpc) is 2.46. The smallest absolute Gasteiger partial charge is 0.278 e. The van der Waals surface area contributed by atoms with Crippen molar-refractivity contribution in [1.29, 1.82) is 0 Å². The first-order valence-electron chi connectivity index (χ1n) is 3.73. The molecule has 0 aliphatic carbocycles. The van der Waals surface area contributed by atoms with Gasteiger partial charge in [0.15, 0.2) is 0 Å². The topological polar surface area (TPSA) is 15.8 Å². The summed E-state index contributed by atoms with van der Waals surface area (Å²) in [5.41, 5.74) is 0.218. The lowest BCUT2D eigenvalue weighted by molar-refractivity contribution is 0.147. The quantitative estimate of drug-likeness (QED) is 0.701. The second kappa shape index (κ2) is 2.80. The molecule has 2 rings (SSSR count). The Balaban J connectivity index is 2.62. The molecule has 0 aliphatic rings. The molecule has 0 saturated heterocycles. The summed E-state index contributed by atoms with van der Waals surface area (Å²) in [6, 6.07) is 5.22. The van der Waals surface area contributed by atoms with Crippen LogP contribution in [0.4, 0.5) is 13.2 Å². The van der Waals surface area contributed by atoms with E-state index in [1.54, 1.807) is 0 Å². The summed E-state index contributed by atoms with van der Waals surface area (Å²) >= 11 is 0. The van der Waals surface area contributed by atoms with E-state index in [0.717, 1.165) is 0 Å². The fraction of sp³-hybridized carbons (Fsp3) is 0.111. The minimum atomic E-state index is -2.55. The zero-order chi connectivity index (χ0) is 9.42. The predicted molar refractivity (Wildman–Crippen MR) is 43.2 cm³/mol. The maximum Gasteiger partial charge on any atom is 0.278 e. The van der Waals surface area contributed by atoms with Crippen LogP contribution in [0.3, 0.4) is 0 Å². The van der Waals surface area contributed by atoms with Crippen molar-refractivity contribution < 1.29 is 13.2 Å². The Morgan fingerprint density at radius 1 is 1.15 bits per heavy atom. The van der Waals surface area contributed by atoms with Crippen molar-refractivity contribution in [2.75, 3.05) is 0 Å². The van der Waals surface area contributed by atoms with Gasteiger partial charge >= 0.3 is 0 Å². The zero-order valence-electron chi connectivity index (χ0n) is 6.52. The number of nitrogens with one attached hydrogen (secondary N) is 1. The normalized spacial score (nSPS) is 11.4. The van der Waals surface area contributed by atoms with Gasteiger partial charge in [0, 0.05) is 10.9 Å². The van der Waals surface area contributed by atoms with Gasteiger partial charge in [0.2, 0.25) is 0 Å². The summed E-state index contributed by atoms with van der Waals surface area (Å²) in [6.45, 7) is 0. The Morgan fingerprint density at radius 2 is 1.92 bits per heavy atom. The SMILES string of the molecule is Fc1ccc2cc(C(F)F)[nH]c2c1. The van der Waals surface area contributed by atoms with Crippen LogP contribution < -0.4 is 0 Å². The van der Waals surface area contributed by atoms with Crippen LogP contribution in [0.1, 0.15) is 12.1 Å². The third kappa shape index (κ3) is 1.39. The van der Waals surface area contributed by atoms with E-state index < -0.39 is 12.2 Å². The van der Waals surface area contributed by atoms with Gasteiger partial charge in [0.05, 0.1) is 5.69 Å². The minimum Gasteiger partial charge on any atom is -0.354 e. The first-order valence-corrected chi connectivity index (χ1v) is 3.73. The van der Waals surface area contributed by atoms with E-state index in [9.17, 15) is 13.2 Å². The van der Waals surface area contributed by atoms with Gasteiger partial charge in [0.25, 0.3) is 6.43 Å². The van der Waals surface area contributed by atoms with E-state index >= 15 is 0 Å². The predicted octanol–water partition coefficient (Wildman–Crippen LogP) is 3.24. The molecule has 0 saturated carbocycles. The Morgan fingerprint density at radius 3 is 2.62 bits per heavy atom. The maximum absolute atomic E-state index is 12.6. The van der Waals surface area contributed by atoms with Crippen LogP contribution >= 0.6 is 0 Å². The van der Waals surface area contributed by atoms with Gasteiger partial charge in [-0.3, -0.25) is 0 Å². The van der Waals surface area contributed by atoms with E-state index in [1.165, 1.54) is 24.3 Å². The lowest BCUT2D eigenvalue weighted by Crippen LogP contribution is -1.81. The number of fused-ring (bicyclic) bond motifs is 1. The lowest BCUT2D eigenvalue weighted by atomic mass is 10.2. The molecule has 0 amide bonds. The summed E-state index contributed by atoms with van der Waals surface area (Å²) in [7, 11) is 0. The van der Waals surface area contributed by atoms with Crippen LogP contribution in [-0.2, 0) is 0 Å². The molecule has 0 atom stereocenters. The molecule has 1 nitrogen and oxygen atoms in total. The standard InChI is InChI=1S/C9H6F3N/c10-6-2-1-5-3-8(9(11)12)13-7(5)4-6/h1-4,9,13H. The average molecular weight is 185 g/mol. The van der Waals surface area contributed by atoms with E-state index in [0.29, 0.717) is 10.9 Å². The van der Waals surface area contributed by atoms with Crippen molar-refractivity contribution >= 4 is 10.9 Å². The van der Waals surface area contributed by atoms with Gasteiger partial charge in [-0.05, 0) is 24.3 Å². The number of benzene rings is 1. The number of aromatic amines is 1. The van der Waals surface area contributed by atoms with Gasteiger partial charge in [-0.15, -0.1) is 0 Å². The zero-order valence-corrected chi connectivity index (χ0v) is 6.52. The molecule has 0 bridgehead atoms. The number of rotatable bonds is 1. The highest BCUT2D eigenvalue weighted by atomic mass is 19.3. The van der Waals surface area contributed by atoms with Crippen molar-refractivity contribution in [3.63, 3.8) is 0 Å². The highest BCUT2D eigenvalue weighted by molar-refractivity contribution is 5.80. The first-order chi connectivity index (χ1) is 6.16. The molecule has 1 aromatic carbocycles. The third-order valence-corrected chi connectivity index (χ3v) is 1.84. The molecule has 2 aromatic rings. The molecule has 68 valence electrons. The van der Waals surface area contributed by atoms with Crippen molar-refractivity contribution in [3.8, 4) is 0 Å². The number of halogens is 3.